The molecule has 0 aliphatic rings. The van der Waals surface area contributed by atoms with Crippen LogP contribution in [0, 0.1) is 6.92 Å². The summed E-state index contributed by atoms with van der Waals surface area (Å²) in [6.07, 6.45) is 5.13. The highest BCUT2D eigenvalue weighted by molar-refractivity contribution is 5.90. The second-order valence-electron chi connectivity index (χ2n) is 6.80. The Hall–Kier alpha value is -3.03. The number of ether oxygens (including phenoxy) is 1. The van der Waals surface area contributed by atoms with Gasteiger partial charge in [-0.3, -0.25) is 4.79 Å². The summed E-state index contributed by atoms with van der Waals surface area (Å²) in [6, 6.07) is 7.11. The summed E-state index contributed by atoms with van der Waals surface area (Å²) in [4.78, 5) is 27.1. The number of aliphatic carboxylic acids is 1. The number of imidazole rings is 1. The molecule has 2 amide bonds. The molecule has 0 fully saturated rings. The van der Waals surface area contributed by atoms with Crippen LogP contribution in [-0.4, -0.2) is 39.8 Å². The molecular formula is C21H30N4O4. The minimum absolute atomic E-state index is 0.0787. The number of hydrogen-bond donors (Lipinski definition) is 3. The number of rotatable bonds is 12. The van der Waals surface area contributed by atoms with Gasteiger partial charge in [-0.1, -0.05) is 25.5 Å². The van der Waals surface area contributed by atoms with Gasteiger partial charge in [0, 0.05) is 25.7 Å². The highest BCUT2D eigenvalue weighted by Crippen LogP contribution is 2.23. The molecule has 158 valence electrons. The molecule has 1 aromatic heterocycles. The fraction of sp³-hybridized carbons (Fsp3) is 0.476. The quantitative estimate of drug-likeness (QED) is 0.471. The highest BCUT2D eigenvalue weighted by atomic mass is 16.5. The largest absolute Gasteiger partial charge is 0.491 e. The molecule has 29 heavy (non-hydrogen) atoms. The van der Waals surface area contributed by atoms with Crippen molar-refractivity contribution in [1.82, 2.24) is 14.9 Å². The molecule has 0 unspecified atom stereocenters. The Balaban J connectivity index is 1.80. The lowest BCUT2D eigenvalue weighted by Gasteiger charge is -2.13. The Morgan fingerprint density at radius 1 is 1.24 bits per heavy atom. The van der Waals surface area contributed by atoms with Gasteiger partial charge in [-0.15, -0.1) is 0 Å². The topological polar surface area (TPSA) is 105 Å². The minimum Gasteiger partial charge on any atom is -0.491 e. The third-order valence-electron chi connectivity index (χ3n) is 4.37. The number of carbonyl (C=O) groups excluding carboxylic acids is 1. The fourth-order valence-electron chi connectivity index (χ4n) is 2.81. The number of carboxylic acid groups (broad SMARTS) is 1. The first kappa shape index (κ1) is 22.3. The van der Waals surface area contributed by atoms with Gasteiger partial charge < -0.3 is 25.0 Å². The van der Waals surface area contributed by atoms with Crippen molar-refractivity contribution in [2.24, 2.45) is 0 Å². The highest BCUT2D eigenvalue weighted by Gasteiger charge is 2.08. The Labute approximate surface area is 171 Å². The second-order valence-corrected chi connectivity index (χ2v) is 6.80. The van der Waals surface area contributed by atoms with Crippen LogP contribution in [0.25, 0.3) is 0 Å². The average Bonchev–Trinajstić information content (AvgIpc) is 3.04. The number of benzene rings is 1. The minimum atomic E-state index is -0.822. The Morgan fingerprint density at radius 2 is 2.03 bits per heavy atom. The van der Waals surface area contributed by atoms with Crippen LogP contribution in [0.1, 0.15) is 44.1 Å². The summed E-state index contributed by atoms with van der Waals surface area (Å²) in [5.41, 5.74) is 1.42. The lowest BCUT2D eigenvalue weighted by atomic mass is 10.2. The number of hydrogen-bond acceptors (Lipinski definition) is 4. The normalized spacial score (nSPS) is 10.6. The van der Waals surface area contributed by atoms with Gasteiger partial charge in [0.05, 0.1) is 24.4 Å². The standard InChI is InChI=1S/C21H30N4O4/c1-3-4-12-22-21(28)24-18-8-5-6-9-19(18)29-14-7-13-25-15-17(23-16(25)2)10-11-20(26)27/h5-6,8-9,15H,3-4,7,10-14H2,1-2H3,(H,26,27)(H2,22,24,28). The lowest BCUT2D eigenvalue weighted by Crippen LogP contribution is -2.29. The summed E-state index contributed by atoms with van der Waals surface area (Å²) in [5, 5.41) is 14.4. The van der Waals surface area contributed by atoms with Gasteiger partial charge in [-0.05, 0) is 31.9 Å². The Kier molecular flexibility index (Phi) is 9.01. The van der Waals surface area contributed by atoms with Gasteiger partial charge >= 0.3 is 12.0 Å². The van der Waals surface area contributed by atoms with Gasteiger partial charge in [-0.2, -0.15) is 0 Å². The molecule has 3 N–H and O–H groups in total. The average molecular weight is 402 g/mol. The smallest absolute Gasteiger partial charge is 0.319 e. The van der Waals surface area contributed by atoms with E-state index >= 15 is 0 Å². The van der Waals surface area contributed by atoms with E-state index in [-0.39, 0.29) is 12.5 Å². The first-order valence-electron chi connectivity index (χ1n) is 10.0. The number of para-hydroxylation sites is 2. The number of unbranched alkanes of at least 4 members (excludes halogenated alkanes) is 1. The number of nitrogens with zero attached hydrogens (tertiary/aromatic N) is 2. The summed E-state index contributed by atoms with van der Waals surface area (Å²) < 4.78 is 7.86. The molecule has 0 bridgehead atoms. The maximum Gasteiger partial charge on any atom is 0.319 e. The van der Waals surface area contributed by atoms with Crippen LogP contribution < -0.4 is 15.4 Å². The molecule has 8 nitrogen and oxygen atoms in total. The number of aromatic nitrogens is 2. The molecule has 0 atom stereocenters. The molecule has 0 saturated heterocycles. The van der Waals surface area contributed by atoms with Crippen molar-refractivity contribution in [1.29, 1.82) is 0 Å². The van der Waals surface area contributed by atoms with E-state index in [1.54, 1.807) is 0 Å². The molecule has 0 saturated carbocycles. The lowest BCUT2D eigenvalue weighted by molar-refractivity contribution is -0.136. The summed E-state index contributed by atoms with van der Waals surface area (Å²) in [7, 11) is 0. The summed E-state index contributed by atoms with van der Waals surface area (Å²) in [6.45, 7) is 5.83. The van der Waals surface area contributed by atoms with E-state index in [0.717, 1.165) is 37.3 Å². The predicted molar refractivity (Wildman–Crippen MR) is 111 cm³/mol. The van der Waals surface area contributed by atoms with E-state index in [2.05, 4.69) is 22.5 Å². The number of nitrogens with one attached hydrogen (secondary N) is 2. The molecule has 0 aliphatic carbocycles. The third-order valence-corrected chi connectivity index (χ3v) is 4.37. The molecule has 2 rings (SSSR count). The molecule has 0 radical (unpaired) electrons. The van der Waals surface area contributed by atoms with Crippen LogP contribution in [0.15, 0.2) is 30.5 Å². The van der Waals surface area contributed by atoms with Crippen molar-refractivity contribution in [2.75, 3.05) is 18.5 Å². The maximum atomic E-state index is 12.0. The van der Waals surface area contributed by atoms with Gasteiger partial charge in [-0.25, -0.2) is 9.78 Å². The molecule has 1 heterocycles. The predicted octanol–water partition coefficient (Wildman–Crippen LogP) is 3.60. The molecular weight excluding hydrogens is 372 g/mol. The number of aryl methyl sites for hydroxylation is 3. The maximum absolute atomic E-state index is 12.0. The van der Waals surface area contributed by atoms with Crippen LogP contribution in [0.3, 0.4) is 0 Å². The Morgan fingerprint density at radius 3 is 2.79 bits per heavy atom. The van der Waals surface area contributed by atoms with Crippen molar-refractivity contribution in [2.45, 2.75) is 52.5 Å². The van der Waals surface area contributed by atoms with Crippen molar-refractivity contribution in [3.63, 3.8) is 0 Å². The van der Waals surface area contributed by atoms with E-state index in [9.17, 15) is 9.59 Å². The zero-order valence-corrected chi connectivity index (χ0v) is 17.1. The molecule has 2 aromatic rings. The fourth-order valence-corrected chi connectivity index (χ4v) is 2.81. The number of urea groups is 1. The number of amides is 2. The first-order chi connectivity index (χ1) is 14.0. The van der Waals surface area contributed by atoms with Gasteiger partial charge in [0.15, 0.2) is 0 Å². The molecule has 8 heteroatoms. The number of carbonyl (C=O) groups is 2. The molecule has 0 spiro atoms. The van der Waals surface area contributed by atoms with E-state index in [1.807, 2.05) is 42.0 Å². The van der Waals surface area contributed by atoms with E-state index in [0.29, 0.717) is 31.0 Å². The van der Waals surface area contributed by atoms with Gasteiger partial charge in [0.2, 0.25) is 0 Å². The summed E-state index contributed by atoms with van der Waals surface area (Å²) >= 11 is 0. The monoisotopic (exact) mass is 402 g/mol. The van der Waals surface area contributed by atoms with Crippen LogP contribution in [-0.2, 0) is 17.8 Å². The van der Waals surface area contributed by atoms with E-state index in [4.69, 9.17) is 9.84 Å². The van der Waals surface area contributed by atoms with Crippen LogP contribution in [0.5, 0.6) is 5.75 Å². The van der Waals surface area contributed by atoms with Crippen molar-refractivity contribution in [3.05, 3.63) is 42.0 Å². The SMILES string of the molecule is CCCCNC(=O)Nc1ccccc1OCCCn1cc(CCC(=O)O)nc1C. The van der Waals surface area contributed by atoms with Crippen molar-refractivity contribution < 1.29 is 19.4 Å². The van der Waals surface area contributed by atoms with E-state index < -0.39 is 5.97 Å². The zero-order chi connectivity index (χ0) is 21.1. The number of anilines is 1. The van der Waals surface area contributed by atoms with Crippen LogP contribution in [0.4, 0.5) is 10.5 Å². The summed E-state index contributed by atoms with van der Waals surface area (Å²) in [5.74, 6) is 0.663. The third kappa shape index (κ3) is 7.85. The van der Waals surface area contributed by atoms with Gasteiger partial charge in [0.25, 0.3) is 0 Å². The zero-order valence-electron chi connectivity index (χ0n) is 17.1. The number of carboxylic acids is 1. The second kappa shape index (κ2) is 11.7. The van der Waals surface area contributed by atoms with Crippen molar-refractivity contribution in [3.8, 4) is 5.75 Å². The van der Waals surface area contributed by atoms with Gasteiger partial charge in [0.1, 0.15) is 11.6 Å². The van der Waals surface area contributed by atoms with Crippen LogP contribution in [0.2, 0.25) is 0 Å². The first-order valence-corrected chi connectivity index (χ1v) is 10.0. The van der Waals surface area contributed by atoms with Crippen LogP contribution >= 0.6 is 0 Å². The molecule has 0 aliphatic heterocycles. The molecule has 1 aromatic carbocycles. The Bertz CT molecular complexity index is 804. The van der Waals surface area contributed by atoms with Crippen molar-refractivity contribution >= 4 is 17.7 Å². The van der Waals surface area contributed by atoms with E-state index in [1.165, 1.54) is 0 Å².